The van der Waals surface area contributed by atoms with Gasteiger partial charge in [0.05, 0.1) is 0 Å². The average Bonchev–Trinajstić information content (AvgIpc) is 2.83. The summed E-state index contributed by atoms with van der Waals surface area (Å²) < 4.78 is 0. The number of benzene rings is 1. The first-order valence-corrected chi connectivity index (χ1v) is 9.39. The van der Waals surface area contributed by atoms with Crippen LogP contribution in [0.4, 0.5) is 0 Å². The predicted molar refractivity (Wildman–Crippen MR) is 109 cm³/mol. The molecule has 2 aliphatic rings. The minimum Gasteiger partial charge on any atom is -0.314 e. The van der Waals surface area contributed by atoms with Crippen LogP contribution in [0.2, 0.25) is 5.02 Å². The van der Waals surface area contributed by atoms with Gasteiger partial charge in [-0.15, -0.1) is 24.8 Å². The number of hydrogen-bond donors (Lipinski definition) is 1. The summed E-state index contributed by atoms with van der Waals surface area (Å²) in [6.07, 6.45) is 8.44. The largest absolute Gasteiger partial charge is 0.314 e. The lowest BCUT2D eigenvalue weighted by molar-refractivity contribution is 0.198. The Morgan fingerprint density at radius 3 is 2.33 bits per heavy atom. The Bertz CT molecular complexity index is 456. The highest BCUT2D eigenvalue weighted by molar-refractivity contribution is 6.30. The summed E-state index contributed by atoms with van der Waals surface area (Å²) in [6, 6.07) is 8.63. The van der Waals surface area contributed by atoms with Gasteiger partial charge >= 0.3 is 0 Å². The number of nitrogens with one attached hydrogen (secondary N) is 1. The third-order valence-corrected chi connectivity index (χ3v) is 5.65. The SMILES string of the molecule is Cl.Cl.Clc1cccc(C(CN2CCNCC2)C2CCCCCC2)c1. The van der Waals surface area contributed by atoms with Crippen LogP contribution in [0.1, 0.15) is 50.0 Å². The molecule has 3 rings (SSSR count). The van der Waals surface area contributed by atoms with E-state index >= 15 is 0 Å². The average molecular weight is 394 g/mol. The van der Waals surface area contributed by atoms with Gasteiger partial charge in [0.2, 0.25) is 0 Å². The van der Waals surface area contributed by atoms with E-state index in [1.165, 1.54) is 63.7 Å². The highest BCUT2D eigenvalue weighted by Crippen LogP contribution is 2.36. The second kappa shape index (κ2) is 11.6. The van der Waals surface area contributed by atoms with E-state index in [2.05, 4.69) is 28.4 Å². The summed E-state index contributed by atoms with van der Waals surface area (Å²) in [5.74, 6) is 1.48. The first-order valence-electron chi connectivity index (χ1n) is 9.01. The summed E-state index contributed by atoms with van der Waals surface area (Å²) in [5.41, 5.74) is 1.46. The molecule has 24 heavy (non-hydrogen) atoms. The van der Waals surface area contributed by atoms with Crippen LogP contribution in [0.15, 0.2) is 24.3 Å². The zero-order valence-corrected chi connectivity index (χ0v) is 16.8. The summed E-state index contributed by atoms with van der Waals surface area (Å²) in [6.45, 7) is 5.83. The smallest absolute Gasteiger partial charge is 0.0408 e. The maximum absolute atomic E-state index is 6.28. The van der Waals surface area contributed by atoms with Crippen molar-refractivity contribution in [3.63, 3.8) is 0 Å². The van der Waals surface area contributed by atoms with Gasteiger partial charge < -0.3 is 10.2 Å². The van der Waals surface area contributed by atoms with Gasteiger partial charge in [-0.25, -0.2) is 0 Å². The molecule has 1 N–H and O–H groups in total. The van der Waals surface area contributed by atoms with Crippen molar-refractivity contribution in [1.29, 1.82) is 0 Å². The molecule has 1 aromatic carbocycles. The van der Waals surface area contributed by atoms with Gasteiger partial charge in [0, 0.05) is 37.7 Å². The number of piperazine rings is 1. The number of halogens is 3. The minimum absolute atomic E-state index is 0. The fourth-order valence-electron chi connectivity index (χ4n) is 4.15. The summed E-state index contributed by atoms with van der Waals surface area (Å²) in [7, 11) is 0. The molecule has 1 heterocycles. The van der Waals surface area contributed by atoms with Crippen LogP contribution in [0.25, 0.3) is 0 Å². The lowest BCUT2D eigenvalue weighted by Crippen LogP contribution is -2.45. The van der Waals surface area contributed by atoms with E-state index in [4.69, 9.17) is 11.6 Å². The van der Waals surface area contributed by atoms with Gasteiger partial charge in [-0.3, -0.25) is 0 Å². The standard InChI is InChI=1S/C19H29ClN2.2ClH/c20-18-9-5-8-17(14-18)19(15-22-12-10-21-11-13-22)16-6-3-1-2-4-7-16;;/h5,8-9,14,16,19,21H,1-4,6-7,10-13,15H2;2*1H. The zero-order valence-electron chi connectivity index (χ0n) is 14.4. The van der Waals surface area contributed by atoms with Crippen molar-refractivity contribution >= 4 is 36.4 Å². The van der Waals surface area contributed by atoms with Crippen LogP contribution in [0.3, 0.4) is 0 Å². The second-order valence-electron chi connectivity index (χ2n) is 6.96. The topological polar surface area (TPSA) is 15.3 Å². The molecule has 0 aromatic heterocycles. The van der Waals surface area contributed by atoms with E-state index in [1.54, 1.807) is 0 Å². The van der Waals surface area contributed by atoms with E-state index in [9.17, 15) is 0 Å². The fraction of sp³-hybridized carbons (Fsp3) is 0.684. The maximum Gasteiger partial charge on any atom is 0.0408 e. The molecule has 2 nitrogen and oxygen atoms in total. The summed E-state index contributed by atoms with van der Waals surface area (Å²) >= 11 is 6.28. The van der Waals surface area contributed by atoms with Gasteiger partial charge in [-0.05, 0) is 42.4 Å². The van der Waals surface area contributed by atoms with Gasteiger partial charge in [0.15, 0.2) is 0 Å². The van der Waals surface area contributed by atoms with Gasteiger partial charge in [0.1, 0.15) is 0 Å². The minimum atomic E-state index is 0. The molecule has 1 unspecified atom stereocenters. The molecule has 1 aliphatic carbocycles. The van der Waals surface area contributed by atoms with Crippen LogP contribution in [0, 0.1) is 5.92 Å². The predicted octanol–water partition coefficient (Wildman–Crippen LogP) is 5.14. The third-order valence-electron chi connectivity index (χ3n) is 5.41. The van der Waals surface area contributed by atoms with Crippen LogP contribution in [-0.2, 0) is 0 Å². The molecular weight excluding hydrogens is 363 g/mol. The van der Waals surface area contributed by atoms with Crippen molar-refractivity contribution in [2.24, 2.45) is 5.92 Å². The lowest BCUT2D eigenvalue weighted by Gasteiger charge is -2.35. The number of nitrogens with zero attached hydrogens (tertiary/aromatic N) is 1. The normalized spacial score (nSPS) is 21.2. The molecule has 138 valence electrons. The molecule has 1 saturated heterocycles. The quantitative estimate of drug-likeness (QED) is 0.712. The van der Waals surface area contributed by atoms with Crippen molar-refractivity contribution in [2.75, 3.05) is 32.7 Å². The molecule has 5 heteroatoms. The zero-order chi connectivity index (χ0) is 15.2. The van der Waals surface area contributed by atoms with Crippen LogP contribution in [-0.4, -0.2) is 37.6 Å². The van der Waals surface area contributed by atoms with Crippen molar-refractivity contribution in [3.05, 3.63) is 34.9 Å². The van der Waals surface area contributed by atoms with Crippen molar-refractivity contribution in [2.45, 2.75) is 44.4 Å². The van der Waals surface area contributed by atoms with E-state index in [-0.39, 0.29) is 24.8 Å². The molecule has 1 saturated carbocycles. The first-order chi connectivity index (χ1) is 10.8. The lowest BCUT2D eigenvalue weighted by atomic mass is 9.81. The van der Waals surface area contributed by atoms with E-state index < -0.39 is 0 Å². The highest BCUT2D eigenvalue weighted by atomic mass is 35.5. The van der Waals surface area contributed by atoms with E-state index in [1.807, 2.05) is 6.07 Å². The van der Waals surface area contributed by atoms with E-state index in [0.717, 1.165) is 24.0 Å². The summed E-state index contributed by atoms with van der Waals surface area (Å²) in [4.78, 5) is 2.65. The Labute approximate surface area is 164 Å². The Morgan fingerprint density at radius 1 is 1.04 bits per heavy atom. The molecule has 0 spiro atoms. The Kier molecular flexibility index (Phi) is 10.7. The molecule has 0 bridgehead atoms. The second-order valence-corrected chi connectivity index (χ2v) is 7.40. The Balaban J connectivity index is 0.00000144. The highest BCUT2D eigenvalue weighted by Gasteiger charge is 2.27. The van der Waals surface area contributed by atoms with Crippen molar-refractivity contribution in [1.82, 2.24) is 10.2 Å². The molecule has 1 aliphatic heterocycles. The van der Waals surface area contributed by atoms with Gasteiger partial charge in [0.25, 0.3) is 0 Å². The van der Waals surface area contributed by atoms with Crippen molar-refractivity contribution < 1.29 is 0 Å². The van der Waals surface area contributed by atoms with Gasteiger partial charge in [-0.1, -0.05) is 49.4 Å². The van der Waals surface area contributed by atoms with Crippen LogP contribution < -0.4 is 5.32 Å². The summed E-state index contributed by atoms with van der Waals surface area (Å²) in [5, 5.41) is 4.35. The van der Waals surface area contributed by atoms with Crippen LogP contribution in [0.5, 0.6) is 0 Å². The molecule has 1 atom stereocenters. The van der Waals surface area contributed by atoms with E-state index in [0.29, 0.717) is 5.92 Å². The molecule has 0 radical (unpaired) electrons. The van der Waals surface area contributed by atoms with Crippen LogP contribution >= 0.6 is 36.4 Å². The first kappa shape index (κ1) is 22.1. The number of hydrogen-bond acceptors (Lipinski definition) is 2. The Hall–Kier alpha value is 0.01000. The third kappa shape index (κ3) is 6.38. The molecule has 2 fully saturated rings. The molecule has 1 aromatic rings. The number of rotatable bonds is 4. The molecule has 0 amide bonds. The monoisotopic (exact) mass is 392 g/mol. The fourth-order valence-corrected chi connectivity index (χ4v) is 4.35. The van der Waals surface area contributed by atoms with Crippen molar-refractivity contribution in [3.8, 4) is 0 Å². The van der Waals surface area contributed by atoms with Gasteiger partial charge in [-0.2, -0.15) is 0 Å². The molecular formula is C19H31Cl3N2. The Morgan fingerprint density at radius 2 is 1.71 bits per heavy atom. The maximum atomic E-state index is 6.28.